The summed E-state index contributed by atoms with van der Waals surface area (Å²) in [5.41, 5.74) is 9.44. The zero-order valence-corrected chi connectivity index (χ0v) is 13.0. The summed E-state index contributed by atoms with van der Waals surface area (Å²) in [6.07, 6.45) is 2.82. The van der Waals surface area contributed by atoms with Crippen molar-refractivity contribution in [1.82, 2.24) is 15.3 Å². The van der Waals surface area contributed by atoms with E-state index in [0.29, 0.717) is 11.6 Å². The molecular weight excluding hydrogens is 290 g/mol. The summed E-state index contributed by atoms with van der Waals surface area (Å²) in [5.74, 6) is 1.06. The number of furan rings is 1. The smallest absolute Gasteiger partial charge is 0.222 e. The molecule has 3 N–H and O–H groups in total. The van der Waals surface area contributed by atoms with Gasteiger partial charge >= 0.3 is 0 Å². The lowest BCUT2D eigenvalue weighted by atomic mass is 10.1. The molecule has 0 bridgehead atoms. The molecule has 23 heavy (non-hydrogen) atoms. The Bertz CT molecular complexity index is 830. The number of benzene rings is 1. The summed E-state index contributed by atoms with van der Waals surface area (Å²) < 4.78 is 5.83. The minimum absolute atomic E-state index is 0.277. The van der Waals surface area contributed by atoms with Gasteiger partial charge in [-0.3, -0.25) is 0 Å². The van der Waals surface area contributed by atoms with Gasteiger partial charge in [0.05, 0.1) is 0 Å². The van der Waals surface area contributed by atoms with Gasteiger partial charge in [-0.25, -0.2) is 4.98 Å². The molecule has 0 aliphatic carbocycles. The second kappa shape index (κ2) is 5.55. The van der Waals surface area contributed by atoms with Crippen LogP contribution in [0.3, 0.4) is 0 Å². The van der Waals surface area contributed by atoms with E-state index >= 15 is 0 Å². The molecule has 4 rings (SSSR count). The van der Waals surface area contributed by atoms with E-state index in [9.17, 15) is 0 Å². The lowest BCUT2D eigenvalue weighted by Crippen LogP contribution is -2.30. The molecule has 0 unspecified atom stereocenters. The summed E-state index contributed by atoms with van der Waals surface area (Å²) in [6.45, 7) is 1.82. The second-order valence-electron chi connectivity index (χ2n) is 5.82. The fourth-order valence-corrected chi connectivity index (χ4v) is 3.15. The van der Waals surface area contributed by atoms with Gasteiger partial charge in [-0.1, -0.05) is 30.3 Å². The number of rotatable bonds is 3. The highest BCUT2D eigenvalue weighted by molar-refractivity contribution is 5.96. The Labute approximate surface area is 134 Å². The summed E-state index contributed by atoms with van der Waals surface area (Å²) in [7, 11) is 1.98. The van der Waals surface area contributed by atoms with Crippen LogP contribution in [0.5, 0.6) is 0 Å². The molecule has 3 heterocycles. The van der Waals surface area contributed by atoms with E-state index < -0.39 is 0 Å². The van der Waals surface area contributed by atoms with Gasteiger partial charge in [-0.05, 0) is 19.0 Å². The van der Waals surface area contributed by atoms with Crippen LogP contribution in [0.15, 0.2) is 41.0 Å². The van der Waals surface area contributed by atoms with E-state index in [-0.39, 0.29) is 5.95 Å². The Kier molecular flexibility index (Phi) is 3.38. The lowest BCUT2D eigenvalue weighted by Gasteiger charge is -2.17. The molecule has 0 radical (unpaired) electrons. The van der Waals surface area contributed by atoms with Crippen molar-refractivity contribution < 1.29 is 4.42 Å². The number of likely N-dealkylation sites (N-methyl/N-ethyl adjacent to an activating group) is 1. The van der Waals surface area contributed by atoms with Crippen molar-refractivity contribution in [3.05, 3.63) is 36.6 Å². The lowest BCUT2D eigenvalue weighted by molar-refractivity contribution is 0.608. The van der Waals surface area contributed by atoms with Gasteiger partial charge < -0.3 is 20.4 Å². The van der Waals surface area contributed by atoms with E-state index in [1.165, 1.54) is 0 Å². The molecule has 6 heteroatoms. The van der Waals surface area contributed by atoms with Gasteiger partial charge in [0.25, 0.3) is 0 Å². The average molecular weight is 309 g/mol. The Morgan fingerprint density at radius 3 is 2.83 bits per heavy atom. The highest BCUT2D eigenvalue weighted by Crippen LogP contribution is 2.35. The van der Waals surface area contributed by atoms with Crippen molar-refractivity contribution >= 4 is 22.9 Å². The van der Waals surface area contributed by atoms with Crippen molar-refractivity contribution in [1.29, 1.82) is 0 Å². The Morgan fingerprint density at radius 2 is 2.09 bits per heavy atom. The molecule has 1 atom stereocenters. The number of hydrogen-bond donors (Lipinski definition) is 2. The molecule has 0 spiro atoms. The Morgan fingerprint density at radius 1 is 1.26 bits per heavy atom. The number of anilines is 2. The standard InChI is InChI=1S/C17H19N5O/c1-19-12-7-8-22(9-12)16-15-14(20-17(18)21-16)13(10-23-15)11-5-3-2-4-6-11/h2-6,10,12,19H,7-9H2,1H3,(H2,18,20,21)/t12-/m1/s1. The van der Waals surface area contributed by atoms with Crippen LogP contribution in [-0.4, -0.2) is 36.1 Å². The highest BCUT2D eigenvalue weighted by Gasteiger charge is 2.26. The number of aromatic nitrogens is 2. The van der Waals surface area contributed by atoms with E-state index in [0.717, 1.165) is 42.0 Å². The minimum atomic E-state index is 0.277. The molecule has 6 nitrogen and oxygen atoms in total. The molecule has 1 fully saturated rings. The van der Waals surface area contributed by atoms with Gasteiger partial charge in [-0.2, -0.15) is 4.98 Å². The highest BCUT2D eigenvalue weighted by atomic mass is 16.3. The summed E-state index contributed by atoms with van der Waals surface area (Å²) in [6, 6.07) is 10.5. The third-order valence-corrected chi connectivity index (χ3v) is 4.40. The second-order valence-corrected chi connectivity index (χ2v) is 5.82. The van der Waals surface area contributed by atoms with Crippen molar-refractivity contribution in [3.8, 4) is 11.1 Å². The predicted molar refractivity (Wildman–Crippen MR) is 91.3 cm³/mol. The number of nitrogens with zero attached hydrogens (tertiary/aromatic N) is 3. The summed E-state index contributed by atoms with van der Waals surface area (Å²) in [5, 5.41) is 3.31. The van der Waals surface area contributed by atoms with Crippen molar-refractivity contribution in [3.63, 3.8) is 0 Å². The number of nitrogens with one attached hydrogen (secondary N) is 1. The molecule has 0 saturated carbocycles. The first-order valence-corrected chi connectivity index (χ1v) is 7.78. The SMILES string of the molecule is CN[C@@H]1CCN(c2nc(N)nc3c(-c4ccccc4)coc23)C1. The van der Waals surface area contributed by atoms with Crippen molar-refractivity contribution in [2.24, 2.45) is 0 Å². The molecule has 1 saturated heterocycles. The predicted octanol–water partition coefficient (Wildman–Crippen LogP) is 2.27. The fraction of sp³-hybridized carbons (Fsp3) is 0.294. The molecule has 0 amide bonds. The quantitative estimate of drug-likeness (QED) is 0.772. The van der Waals surface area contributed by atoms with E-state index in [1.54, 1.807) is 6.26 Å². The van der Waals surface area contributed by atoms with Gasteiger partial charge in [-0.15, -0.1) is 0 Å². The number of fused-ring (bicyclic) bond motifs is 1. The third kappa shape index (κ3) is 2.41. The van der Waals surface area contributed by atoms with Gasteiger partial charge in [0.2, 0.25) is 5.95 Å². The van der Waals surface area contributed by atoms with Crippen LogP contribution in [0.2, 0.25) is 0 Å². The maximum Gasteiger partial charge on any atom is 0.222 e. The van der Waals surface area contributed by atoms with E-state index in [1.807, 2.05) is 37.4 Å². The molecule has 1 aliphatic heterocycles. The third-order valence-electron chi connectivity index (χ3n) is 4.40. The first-order valence-electron chi connectivity index (χ1n) is 7.78. The maximum absolute atomic E-state index is 5.96. The molecule has 118 valence electrons. The topological polar surface area (TPSA) is 80.2 Å². The molecule has 3 aromatic rings. The van der Waals surface area contributed by atoms with Crippen LogP contribution in [-0.2, 0) is 0 Å². The van der Waals surface area contributed by atoms with Gasteiger partial charge in [0.15, 0.2) is 11.4 Å². The van der Waals surface area contributed by atoms with E-state index in [2.05, 4.69) is 20.2 Å². The molecule has 1 aromatic carbocycles. The number of hydrogen-bond acceptors (Lipinski definition) is 6. The van der Waals surface area contributed by atoms with Crippen LogP contribution in [0, 0.1) is 0 Å². The van der Waals surface area contributed by atoms with Crippen molar-refractivity contribution in [2.45, 2.75) is 12.5 Å². The first kappa shape index (κ1) is 14.0. The summed E-state index contributed by atoms with van der Waals surface area (Å²) in [4.78, 5) is 11.1. The van der Waals surface area contributed by atoms with Crippen LogP contribution < -0.4 is 16.0 Å². The normalized spacial score (nSPS) is 18.0. The first-order chi connectivity index (χ1) is 11.3. The van der Waals surface area contributed by atoms with Crippen LogP contribution in [0.4, 0.5) is 11.8 Å². The van der Waals surface area contributed by atoms with Crippen LogP contribution >= 0.6 is 0 Å². The largest absolute Gasteiger partial charge is 0.458 e. The number of nitrogen functional groups attached to an aromatic ring is 1. The molecule has 1 aliphatic rings. The fourth-order valence-electron chi connectivity index (χ4n) is 3.15. The number of nitrogens with two attached hydrogens (primary N) is 1. The average Bonchev–Trinajstić information content (AvgIpc) is 3.21. The Balaban J connectivity index is 1.83. The molecular formula is C17H19N5O. The van der Waals surface area contributed by atoms with Crippen molar-refractivity contribution in [2.75, 3.05) is 30.8 Å². The zero-order valence-electron chi connectivity index (χ0n) is 13.0. The minimum Gasteiger partial charge on any atom is -0.458 e. The zero-order chi connectivity index (χ0) is 15.8. The summed E-state index contributed by atoms with van der Waals surface area (Å²) >= 11 is 0. The van der Waals surface area contributed by atoms with Gasteiger partial charge in [0, 0.05) is 24.7 Å². The van der Waals surface area contributed by atoms with Crippen LogP contribution in [0.25, 0.3) is 22.2 Å². The van der Waals surface area contributed by atoms with E-state index in [4.69, 9.17) is 10.2 Å². The monoisotopic (exact) mass is 309 g/mol. The Hall–Kier alpha value is -2.60. The maximum atomic E-state index is 5.96. The van der Waals surface area contributed by atoms with Crippen LogP contribution in [0.1, 0.15) is 6.42 Å². The van der Waals surface area contributed by atoms with Gasteiger partial charge in [0.1, 0.15) is 11.8 Å². The molecule has 2 aromatic heterocycles.